The van der Waals surface area contributed by atoms with Gasteiger partial charge in [-0.1, -0.05) is 57.5 Å². The maximum Gasteiger partial charge on any atom is 0.335 e. The van der Waals surface area contributed by atoms with Crippen LogP contribution in [0.2, 0.25) is 0 Å². The summed E-state index contributed by atoms with van der Waals surface area (Å²) in [5, 5.41) is 9.32. The second-order valence-electron chi connectivity index (χ2n) is 5.86. The Hall–Kier alpha value is -2.33. The third-order valence-corrected chi connectivity index (χ3v) is 4.00. The summed E-state index contributed by atoms with van der Waals surface area (Å²) < 4.78 is 11.3. The number of carbonyl (C=O) groups is 1. The molecule has 3 rings (SSSR count). The molecule has 0 amide bonds. The van der Waals surface area contributed by atoms with Gasteiger partial charge in [0.05, 0.1) is 11.7 Å². The smallest absolute Gasteiger partial charge is 0.335 e. The molecule has 2 aromatic carbocycles. The first-order chi connectivity index (χ1) is 13.1. The molecule has 1 saturated heterocycles. The molecule has 0 spiro atoms. The number of rotatable bonds is 5. The van der Waals surface area contributed by atoms with Crippen molar-refractivity contribution < 1.29 is 19.4 Å². The van der Waals surface area contributed by atoms with Gasteiger partial charge < -0.3 is 14.6 Å². The molecule has 1 fully saturated rings. The van der Waals surface area contributed by atoms with Crippen molar-refractivity contribution in [3.63, 3.8) is 0 Å². The molecule has 0 bridgehead atoms. The van der Waals surface area contributed by atoms with Gasteiger partial charge in [0, 0.05) is 6.61 Å². The molecule has 0 radical (unpaired) electrons. The predicted molar refractivity (Wildman–Crippen MR) is 111 cm³/mol. The van der Waals surface area contributed by atoms with Crippen LogP contribution in [0.1, 0.15) is 56.5 Å². The van der Waals surface area contributed by atoms with Gasteiger partial charge in [0.25, 0.3) is 0 Å². The monoisotopic (exact) mass is 372 g/mol. The van der Waals surface area contributed by atoms with Gasteiger partial charge in [0.15, 0.2) is 0 Å². The highest BCUT2D eigenvalue weighted by Gasteiger charge is 2.17. The highest BCUT2D eigenvalue weighted by Crippen LogP contribution is 2.27. The van der Waals surface area contributed by atoms with Crippen molar-refractivity contribution in [1.29, 1.82) is 0 Å². The van der Waals surface area contributed by atoms with E-state index in [2.05, 4.69) is 0 Å². The van der Waals surface area contributed by atoms with Gasteiger partial charge in [-0.3, -0.25) is 0 Å². The summed E-state index contributed by atoms with van der Waals surface area (Å²) in [4.78, 5) is 11.4. The fourth-order valence-corrected chi connectivity index (χ4v) is 2.68. The van der Waals surface area contributed by atoms with E-state index in [4.69, 9.17) is 9.47 Å². The van der Waals surface area contributed by atoms with Crippen molar-refractivity contribution in [2.24, 2.45) is 0 Å². The fraction of sp³-hybridized carbons (Fsp3) is 0.435. The van der Waals surface area contributed by atoms with Crippen LogP contribution in [0.4, 0.5) is 0 Å². The lowest BCUT2D eigenvalue weighted by Gasteiger charge is -2.13. The molecule has 4 nitrogen and oxygen atoms in total. The van der Waals surface area contributed by atoms with Crippen LogP contribution in [-0.2, 0) is 4.74 Å². The first-order valence-corrected chi connectivity index (χ1v) is 9.81. The zero-order chi connectivity index (χ0) is 20.2. The molecule has 2 aromatic rings. The predicted octanol–water partition coefficient (Wildman–Crippen LogP) is 5.97. The van der Waals surface area contributed by atoms with E-state index in [1.165, 1.54) is 0 Å². The maximum atomic E-state index is 11.4. The number of hydrogen-bond donors (Lipinski definition) is 1. The molecule has 0 aliphatic carbocycles. The van der Waals surface area contributed by atoms with Crippen LogP contribution in [0.3, 0.4) is 0 Å². The number of hydrogen-bond acceptors (Lipinski definition) is 3. The van der Waals surface area contributed by atoms with E-state index in [-0.39, 0.29) is 11.7 Å². The zero-order valence-electron chi connectivity index (χ0n) is 17.1. The molecule has 0 aromatic heterocycles. The lowest BCUT2D eigenvalue weighted by atomic mass is 10.0. The van der Waals surface area contributed by atoms with Gasteiger partial charge in [-0.25, -0.2) is 4.79 Å². The third kappa shape index (κ3) is 7.06. The Kier molecular flexibility index (Phi) is 10.2. The summed E-state index contributed by atoms with van der Waals surface area (Å²) >= 11 is 0. The van der Waals surface area contributed by atoms with Crippen LogP contribution >= 0.6 is 0 Å². The molecule has 1 unspecified atom stereocenters. The normalized spacial score (nSPS) is 15.1. The number of ether oxygens (including phenoxy) is 2. The minimum Gasteiger partial charge on any atom is -0.491 e. The van der Waals surface area contributed by atoms with Crippen molar-refractivity contribution in [2.45, 2.75) is 53.6 Å². The van der Waals surface area contributed by atoms with Gasteiger partial charge in [-0.05, 0) is 49.1 Å². The Balaban J connectivity index is 0.000000855. The van der Waals surface area contributed by atoms with E-state index in [0.29, 0.717) is 12.4 Å². The number of carboxylic acids is 1. The second kappa shape index (κ2) is 12.1. The van der Waals surface area contributed by atoms with Gasteiger partial charge in [0.1, 0.15) is 12.4 Å². The molecule has 27 heavy (non-hydrogen) atoms. The van der Waals surface area contributed by atoms with E-state index in [9.17, 15) is 9.90 Å². The molecule has 0 saturated carbocycles. The van der Waals surface area contributed by atoms with Gasteiger partial charge in [-0.15, -0.1) is 0 Å². The summed E-state index contributed by atoms with van der Waals surface area (Å²) in [6, 6.07) is 13.1. The Labute approximate surface area is 163 Å². The summed E-state index contributed by atoms with van der Waals surface area (Å²) in [6.45, 7) is 11.3. The Morgan fingerprint density at radius 2 is 1.74 bits per heavy atom. The zero-order valence-corrected chi connectivity index (χ0v) is 17.1. The summed E-state index contributed by atoms with van der Waals surface area (Å²) in [6.07, 6.45) is 2.15. The topological polar surface area (TPSA) is 55.8 Å². The molecule has 1 heterocycles. The average molecular weight is 373 g/mol. The largest absolute Gasteiger partial charge is 0.491 e. The summed E-state index contributed by atoms with van der Waals surface area (Å²) in [5.41, 5.74) is 3.20. The van der Waals surface area contributed by atoms with Crippen LogP contribution in [0.15, 0.2) is 42.5 Å². The molecular weight excluding hydrogens is 340 g/mol. The minimum absolute atomic E-state index is 0.103. The second-order valence-corrected chi connectivity index (χ2v) is 5.86. The maximum absolute atomic E-state index is 11.4. The highest BCUT2D eigenvalue weighted by molar-refractivity contribution is 5.90. The molecule has 1 aliphatic rings. The van der Waals surface area contributed by atoms with Crippen molar-refractivity contribution in [1.82, 2.24) is 0 Å². The molecule has 1 N–H and O–H groups in total. The van der Waals surface area contributed by atoms with E-state index in [1.54, 1.807) is 12.1 Å². The van der Waals surface area contributed by atoms with Crippen LogP contribution in [0.5, 0.6) is 5.75 Å². The molecule has 148 valence electrons. The molecule has 1 atom stereocenters. The first-order valence-electron chi connectivity index (χ1n) is 9.81. The molecule has 1 aliphatic heterocycles. The quantitative estimate of drug-likeness (QED) is 0.702. The van der Waals surface area contributed by atoms with E-state index >= 15 is 0 Å². The highest BCUT2D eigenvalue weighted by atomic mass is 16.5. The number of carboxylic acid groups (broad SMARTS) is 1. The Morgan fingerprint density at radius 3 is 2.30 bits per heavy atom. The van der Waals surface area contributed by atoms with Gasteiger partial charge in [0.2, 0.25) is 0 Å². The van der Waals surface area contributed by atoms with Gasteiger partial charge in [-0.2, -0.15) is 0 Å². The van der Waals surface area contributed by atoms with Crippen LogP contribution in [0, 0.1) is 6.92 Å². The SMILES string of the molecule is CC.CC.Cc1ccc(-c2cc(OCC3CCCO3)cc(C(=O)O)c2)cc1. The molecule has 4 heteroatoms. The van der Waals surface area contributed by atoms with Crippen molar-refractivity contribution in [3.05, 3.63) is 53.6 Å². The lowest BCUT2D eigenvalue weighted by molar-refractivity contribution is 0.0672. The van der Waals surface area contributed by atoms with Gasteiger partial charge >= 0.3 is 5.97 Å². The average Bonchev–Trinajstić information content (AvgIpc) is 3.23. The summed E-state index contributed by atoms with van der Waals surface area (Å²) in [5.74, 6) is -0.392. The number of aryl methyl sites for hydroxylation is 1. The van der Waals surface area contributed by atoms with E-state index in [0.717, 1.165) is 36.1 Å². The Bertz CT molecular complexity index is 686. The standard InChI is InChI=1S/C19H20O4.2C2H6/c1-13-4-6-14(7-5-13)15-9-16(19(20)21)11-18(10-15)23-12-17-3-2-8-22-17;2*1-2/h4-7,9-11,17H,2-3,8,12H2,1H3,(H,20,21);2*1-2H3. The minimum atomic E-state index is -0.957. The molecular formula is C23H32O4. The summed E-state index contributed by atoms with van der Waals surface area (Å²) in [7, 11) is 0. The number of aromatic carboxylic acids is 1. The van der Waals surface area contributed by atoms with Crippen LogP contribution in [0.25, 0.3) is 11.1 Å². The van der Waals surface area contributed by atoms with Crippen LogP contribution < -0.4 is 4.74 Å². The third-order valence-electron chi connectivity index (χ3n) is 4.00. The van der Waals surface area contributed by atoms with Crippen molar-refractivity contribution >= 4 is 5.97 Å². The Morgan fingerprint density at radius 1 is 1.07 bits per heavy atom. The van der Waals surface area contributed by atoms with E-state index in [1.807, 2.05) is 65.0 Å². The lowest BCUT2D eigenvalue weighted by Crippen LogP contribution is -2.16. The fourth-order valence-electron chi connectivity index (χ4n) is 2.68. The number of benzene rings is 2. The first kappa shape index (κ1) is 22.7. The van der Waals surface area contributed by atoms with Crippen molar-refractivity contribution in [2.75, 3.05) is 13.2 Å². The van der Waals surface area contributed by atoms with Crippen LogP contribution in [-0.4, -0.2) is 30.4 Å². The van der Waals surface area contributed by atoms with Crippen molar-refractivity contribution in [3.8, 4) is 16.9 Å². The van der Waals surface area contributed by atoms with E-state index < -0.39 is 5.97 Å².